The first-order valence-corrected chi connectivity index (χ1v) is 9.49. The van der Waals surface area contributed by atoms with Gasteiger partial charge in [-0.25, -0.2) is 18.8 Å². The van der Waals surface area contributed by atoms with Gasteiger partial charge in [0.2, 0.25) is 5.91 Å². The van der Waals surface area contributed by atoms with E-state index < -0.39 is 52.8 Å². The molecule has 0 aromatic heterocycles. The van der Waals surface area contributed by atoms with Crippen LogP contribution in [-0.4, -0.2) is 77.8 Å². The highest BCUT2D eigenvalue weighted by Gasteiger charge is 2.45. The number of phenolic OH excluding ortho intramolecular Hbond substituents is 1. The number of aromatic hydroxyl groups is 1. The molecule has 1 aromatic carbocycles. The van der Waals surface area contributed by atoms with Gasteiger partial charge in [0.1, 0.15) is 17.8 Å². The second-order valence-electron chi connectivity index (χ2n) is 6.00. The summed E-state index contributed by atoms with van der Waals surface area (Å²) in [6, 6.07) is 0.930. The normalized spacial score (nSPS) is 17.0. The predicted molar refractivity (Wildman–Crippen MR) is 96.8 cm³/mol. The van der Waals surface area contributed by atoms with Crippen LogP contribution in [0.25, 0.3) is 0 Å². The fraction of sp³-hybridized carbons (Fsp3) is 0.333. The summed E-state index contributed by atoms with van der Waals surface area (Å²) in [6.07, 6.45) is 0. The van der Waals surface area contributed by atoms with Crippen LogP contribution in [0.3, 0.4) is 0 Å². The lowest BCUT2D eigenvalue weighted by Crippen LogP contribution is -2.66. The highest BCUT2D eigenvalue weighted by Crippen LogP contribution is 2.20. The average molecular weight is 429 g/mol. The van der Waals surface area contributed by atoms with Gasteiger partial charge in [-0.15, -0.1) is 0 Å². The number of phenols is 1. The maximum Gasteiger partial charge on any atom is 0.362 e. The molecule has 0 saturated carbocycles. The molecule has 1 aliphatic rings. The molecule has 2 atom stereocenters. The van der Waals surface area contributed by atoms with Gasteiger partial charge >= 0.3 is 22.4 Å². The molecule has 1 heterocycles. The molecule has 1 fully saturated rings. The van der Waals surface area contributed by atoms with Crippen LogP contribution < -0.4 is 16.0 Å². The van der Waals surface area contributed by atoms with Gasteiger partial charge in [0.05, 0.1) is 6.54 Å². The van der Waals surface area contributed by atoms with Crippen molar-refractivity contribution in [2.24, 2.45) is 0 Å². The molecule has 0 aliphatic carbocycles. The van der Waals surface area contributed by atoms with Gasteiger partial charge in [-0.3, -0.25) is 14.1 Å². The SMILES string of the molecule is CNC(=O)N(C)C(=O)NC(C(=O)NC1CN(S(=O)(=O)O)C1=O)c1ccc(O)cc1. The number of hydrogen-bond donors (Lipinski definition) is 5. The molecular weight excluding hydrogens is 410 g/mol. The number of nitrogens with one attached hydrogen (secondary N) is 3. The smallest absolute Gasteiger partial charge is 0.362 e. The number of carbonyl (C=O) groups excluding carboxylic acids is 4. The quantitative estimate of drug-likeness (QED) is 0.278. The van der Waals surface area contributed by atoms with Gasteiger partial charge in [0.15, 0.2) is 0 Å². The molecule has 14 heteroatoms. The van der Waals surface area contributed by atoms with E-state index >= 15 is 0 Å². The van der Waals surface area contributed by atoms with Crippen LogP contribution in [0.4, 0.5) is 9.59 Å². The van der Waals surface area contributed by atoms with Crippen LogP contribution >= 0.6 is 0 Å². The van der Waals surface area contributed by atoms with Crippen LogP contribution in [0, 0.1) is 0 Å². The van der Waals surface area contributed by atoms with E-state index in [1.807, 2.05) is 0 Å². The van der Waals surface area contributed by atoms with E-state index in [1.165, 1.54) is 38.4 Å². The molecule has 2 rings (SSSR count). The van der Waals surface area contributed by atoms with E-state index in [0.29, 0.717) is 4.90 Å². The summed E-state index contributed by atoms with van der Waals surface area (Å²) in [6.45, 7) is -0.474. The summed E-state index contributed by atoms with van der Waals surface area (Å²) in [5.74, 6) is -2.01. The number of urea groups is 2. The van der Waals surface area contributed by atoms with Crippen molar-refractivity contribution in [1.29, 1.82) is 0 Å². The summed E-state index contributed by atoms with van der Waals surface area (Å²) in [5.41, 5.74) is 0.220. The molecular formula is C15H19N5O8S. The van der Waals surface area contributed by atoms with Gasteiger partial charge < -0.3 is 21.1 Å². The number of β-lactam (4-membered cyclic amide) rings is 1. The first kappa shape index (κ1) is 21.9. The van der Waals surface area contributed by atoms with Crippen molar-refractivity contribution < 1.29 is 37.3 Å². The van der Waals surface area contributed by atoms with Crippen LogP contribution in [0.15, 0.2) is 24.3 Å². The van der Waals surface area contributed by atoms with Crippen LogP contribution in [-0.2, 0) is 19.9 Å². The Labute approximate surface area is 165 Å². The Morgan fingerprint density at radius 1 is 1.21 bits per heavy atom. The molecule has 1 saturated heterocycles. The Balaban J connectivity index is 2.18. The van der Waals surface area contributed by atoms with Crippen molar-refractivity contribution in [3.05, 3.63) is 29.8 Å². The standard InChI is InChI=1S/C15H19N5O8S/c1-16-14(24)19(2)15(25)18-11(8-3-5-9(21)6-4-8)12(22)17-10-7-20(13(10)23)29(26,27)28/h3-6,10-11,21H,7H2,1-2H3,(H,16,24)(H,17,22)(H,18,25)(H,26,27,28). The lowest BCUT2D eigenvalue weighted by molar-refractivity contribution is -0.141. The topological polar surface area (TPSA) is 185 Å². The van der Waals surface area contributed by atoms with Crippen molar-refractivity contribution in [3.8, 4) is 5.75 Å². The minimum absolute atomic E-state index is 0.0975. The summed E-state index contributed by atoms with van der Waals surface area (Å²) >= 11 is 0. The maximum absolute atomic E-state index is 12.6. The van der Waals surface area contributed by atoms with Gasteiger partial charge in [-0.05, 0) is 17.7 Å². The van der Waals surface area contributed by atoms with E-state index in [4.69, 9.17) is 4.55 Å². The largest absolute Gasteiger partial charge is 0.508 e. The lowest BCUT2D eigenvalue weighted by atomic mass is 10.0. The average Bonchev–Trinajstić information content (AvgIpc) is 2.66. The van der Waals surface area contributed by atoms with E-state index in [-0.39, 0.29) is 15.6 Å². The number of imide groups is 1. The molecule has 0 spiro atoms. The molecule has 5 N–H and O–H groups in total. The van der Waals surface area contributed by atoms with Crippen molar-refractivity contribution >= 4 is 34.2 Å². The zero-order valence-electron chi connectivity index (χ0n) is 15.3. The van der Waals surface area contributed by atoms with Gasteiger partial charge in [-0.2, -0.15) is 8.42 Å². The first-order valence-electron chi connectivity index (χ1n) is 8.10. The Morgan fingerprint density at radius 2 is 1.79 bits per heavy atom. The molecule has 6 amide bonds. The van der Waals surface area contributed by atoms with Crippen molar-refractivity contribution in [2.75, 3.05) is 20.6 Å². The number of amides is 6. The third kappa shape index (κ3) is 4.91. The summed E-state index contributed by atoms with van der Waals surface area (Å²) in [4.78, 5) is 48.9. The lowest BCUT2D eigenvalue weighted by Gasteiger charge is -2.36. The number of carbonyl (C=O) groups is 4. The van der Waals surface area contributed by atoms with Crippen molar-refractivity contribution in [3.63, 3.8) is 0 Å². The third-order valence-electron chi connectivity index (χ3n) is 4.07. The molecule has 13 nitrogen and oxygen atoms in total. The predicted octanol–water partition coefficient (Wildman–Crippen LogP) is -1.46. The Kier molecular flexibility index (Phi) is 6.28. The molecule has 0 bridgehead atoms. The maximum atomic E-state index is 12.6. The minimum atomic E-state index is -4.72. The number of benzene rings is 1. The first-order chi connectivity index (χ1) is 13.5. The van der Waals surface area contributed by atoms with E-state index in [1.54, 1.807) is 0 Å². The second-order valence-corrected chi connectivity index (χ2v) is 7.33. The van der Waals surface area contributed by atoms with Gasteiger partial charge in [0.25, 0.3) is 5.91 Å². The van der Waals surface area contributed by atoms with E-state index in [9.17, 15) is 32.7 Å². The van der Waals surface area contributed by atoms with Crippen molar-refractivity contribution in [2.45, 2.75) is 12.1 Å². The van der Waals surface area contributed by atoms with Crippen LogP contribution in [0.1, 0.15) is 11.6 Å². The van der Waals surface area contributed by atoms with Crippen molar-refractivity contribution in [1.82, 2.24) is 25.2 Å². The van der Waals surface area contributed by atoms with Gasteiger partial charge in [-0.1, -0.05) is 12.1 Å². The van der Waals surface area contributed by atoms with E-state index in [2.05, 4.69) is 16.0 Å². The monoisotopic (exact) mass is 429 g/mol. The number of nitrogens with zero attached hydrogens (tertiary/aromatic N) is 2. The zero-order valence-corrected chi connectivity index (χ0v) is 16.1. The highest BCUT2D eigenvalue weighted by molar-refractivity contribution is 7.84. The van der Waals surface area contributed by atoms with E-state index in [0.717, 1.165) is 0 Å². The third-order valence-corrected chi connectivity index (χ3v) is 4.95. The Hall–Kier alpha value is -3.39. The molecule has 1 aromatic rings. The molecule has 2 unspecified atom stereocenters. The Morgan fingerprint density at radius 3 is 2.28 bits per heavy atom. The molecule has 158 valence electrons. The van der Waals surface area contributed by atoms with Gasteiger partial charge in [0, 0.05) is 14.1 Å². The summed E-state index contributed by atoms with van der Waals surface area (Å²) < 4.78 is 31.0. The van der Waals surface area contributed by atoms with Crippen LogP contribution in [0.2, 0.25) is 0 Å². The zero-order chi connectivity index (χ0) is 21.9. The van der Waals surface area contributed by atoms with Crippen LogP contribution in [0.5, 0.6) is 5.75 Å². The fourth-order valence-corrected chi connectivity index (χ4v) is 3.10. The molecule has 1 aliphatic heterocycles. The highest BCUT2D eigenvalue weighted by atomic mass is 32.2. The number of rotatable bonds is 5. The molecule has 29 heavy (non-hydrogen) atoms. The Bertz CT molecular complexity index is 933. The molecule has 0 radical (unpaired) electrons. The second kappa shape index (κ2) is 8.32. The summed E-state index contributed by atoms with van der Waals surface area (Å²) in [7, 11) is -2.25. The fourth-order valence-electron chi connectivity index (χ4n) is 2.41. The minimum Gasteiger partial charge on any atom is -0.508 e. The number of hydrogen-bond acceptors (Lipinski definition) is 7. The summed E-state index contributed by atoms with van der Waals surface area (Å²) in [5, 5.41) is 16.2.